The normalized spacial score (nSPS) is 10.8. The van der Waals surface area contributed by atoms with Gasteiger partial charge in [0.15, 0.2) is 0 Å². The van der Waals surface area contributed by atoms with Crippen molar-refractivity contribution in [1.82, 2.24) is 4.98 Å². The molecule has 0 fully saturated rings. The van der Waals surface area contributed by atoms with Crippen molar-refractivity contribution in [2.75, 3.05) is 7.11 Å². The summed E-state index contributed by atoms with van der Waals surface area (Å²) in [5.74, 6) is -0.609. The van der Waals surface area contributed by atoms with E-state index in [1.807, 2.05) is 0 Å². The predicted octanol–water partition coefficient (Wildman–Crippen LogP) is 8.12. The van der Waals surface area contributed by atoms with Gasteiger partial charge in [0, 0.05) is 32.9 Å². The van der Waals surface area contributed by atoms with Crippen LogP contribution in [0.25, 0.3) is 22.4 Å². The van der Waals surface area contributed by atoms with Crippen LogP contribution >= 0.6 is 69.6 Å². The van der Waals surface area contributed by atoms with Crippen LogP contribution in [-0.4, -0.2) is 18.1 Å². The molecule has 0 unspecified atom stereocenters. The molecule has 28 heavy (non-hydrogen) atoms. The summed E-state index contributed by atoms with van der Waals surface area (Å²) in [6.45, 7) is 0. The number of nitrogens with zero attached hydrogens (tertiary/aromatic N) is 1. The number of hydrogen-bond acceptors (Lipinski definition) is 3. The number of aromatic nitrogens is 1. The summed E-state index contributed by atoms with van der Waals surface area (Å²) in [6.07, 6.45) is 1.43. The highest BCUT2D eigenvalue weighted by Crippen LogP contribution is 2.46. The van der Waals surface area contributed by atoms with Crippen molar-refractivity contribution in [2.45, 2.75) is 0 Å². The molecule has 2 aromatic carbocycles. The van der Waals surface area contributed by atoms with E-state index in [0.717, 1.165) is 0 Å². The predicted molar refractivity (Wildman–Crippen MR) is 117 cm³/mol. The summed E-state index contributed by atoms with van der Waals surface area (Å²) in [5.41, 5.74) is 1.50. The van der Waals surface area contributed by atoms with Gasteiger partial charge >= 0.3 is 5.97 Å². The van der Waals surface area contributed by atoms with Gasteiger partial charge in [0.05, 0.1) is 38.5 Å². The third-order valence-corrected chi connectivity index (χ3v) is 5.49. The molecule has 1 aromatic heterocycles. The lowest BCUT2D eigenvalue weighted by atomic mass is 9.94. The van der Waals surface area contributed by atoms with Crippen molar-refractivity contribution in [3.63, 3.8) is 0 Å². The Labute approximate surface area is 191 Å². The summed E-state index contributed by atoms with van der Waals surface area (Å²) in [6, 6.07) is 7.54. The Morgan fingerprint density at radius 1 is 0.786 bits per heavy atom. The van der Waals surface area contributed by atoms with Crippen molar-refractivity contribution in [2.24, 2.45) is 0 Å². The van der Waals surface area contributed by atoms with Gasteiger partial charge in [-0.2, -0.15) is 0 Å². The highest BCUT2D eigenvalue weighted by atomic mass is 35.5. The minimum absolute atomic E-state index is 0.181. The Hall–Kier alpha value is -1.20. The van der Waals surface area contributed by atoms with Gasteiger partial charge in [-0.15, -0.1) is 0 Å². The fourth-order valence-corrected chi connectivity index (χ4v) is 4.74. The maximum absolute atomic E-state index is 12.5. The molecule has 0 aliphatic carbocycles. The van der Waals surface area contributed by atoms with Crippen LogP contribution in [-0.2, 0) is 4.74 Å². The quantitative estimate of drug-likeness (QED) is 0.344. The Morgan fingerprint density at radius 2 is 1.25 bits per heavy atom. The van der Waals surface area contributed by atoms with Gasteiger partial charge < -0.3 is 4.74 Å². The van der Waals surface area contributed by atoms with E-state index in [1.165, 1.54) is 43.6 Å². The first-order chi connectivity index (χ1) is 13.2. The molecule has 0 radical (unpaired) electrons. The van der Waals surface area contributed by atoms with E-state index in [2.05, 4.69) is 4.98 Å². The molecule has 3 nitrogen and oxygen atoms in total. The first-order valence-corrected chi connectivity index (χ1v) is 9.88. The summed E-state index contributed by atoms with van der Waals surface area (Å²) >= 11 is 37.7. The summed E-state index contributed by atoms with van der Waals surface area (Å²) in [7, 11) is 1.26. The van der Waals surface area contributed by atoms with Gasteiger partial charge in [0.25, 0.3) is 0 Å². The van der Waals surface area contributed by atoms with Crippen LogP contribution in [0.2, 0.25) is 30.1 Å². The van der Waals surface area contributed by atoms with E-state index in [0.29, 0.717) is 32.4 Å². The van der Waals surface area contributed by atoms with Crippen LogP contribution in [0.15, 0.2) is 36.5 Å². The lowest BCUT2D eigenvalue weighted by molar-refractivity contribution is 0.0601. The van der Waals surface area contributed by atoms with Crippen LogP contribution in [0.1, 0.15) is 10.4 Å². The second kappa shape index (κ2) is 8.66. The lowest BCUT2D eigenvalue weighted by Gasteiger charge is -2.17. The van der Waals surface area contributed by atoms with E-state index in [9.17, 15) is 4.79 Å². The number of methoxy groups -OCH3 is 1. The maximum Gasteiger partial charge on any atom is 0.338 e. The minimum atomic E-state index is -0.609. The number of rotatable bonds is 3. The fourth-order valence-electron chi connectivity index (χ4n) is 2.73. The topological polar surface area (TPSA) is 39.2 Å². The molecule has 0 spiro atoms. The van der Waals surface area contributed by atoms with Crippen LogP contribution in [0, 0.1) is 0 Å². The molecule has 0 aliphatic rings. The molecule has 3 rings (SSSR count). The molecule has 1 heterocycles. The largest absolute Gasteiger partial charge is 0.465 e. The zero-order chi connectivity index (χ0) is 20.6. The number of ether oxygens (including phenoxy) is 1. The number of carbonyl (C=O) groups is 1. The SMILES string of the molecule is COC(=O)c1ccnc(-c2c(Cl)cc(Cl)cc2Cl)c1-c1c(Cl)cc(Cl)cc1Cl. The Bertz CT molecular complexity index is 1050. The van der Waals surface area contributed by atoms with Crippen LogP contribution in [0.5, 0.6) is 0 Å². The average molecular weight is 496 g/mol. The van der Waals surface area contributed by atoms with Crippen LogP contribution in [0.3, 0.4) is 0 Å². The van der Waals surface area contributed by atoms with E-state index < -0.39 is 5.97 Å². The summed E-state index contributed by atoms with van der Waals surface area (Å²) in [4.78, 5) is 16.8. The van der Waals surface area contributed by atoms with Crippen molar-refractivity contribution in [1.29, 1.82) is 0 Å². The molecule has 0 N–H and O–H groups in total. The molecule has 0 saturated heterocycles. The smallest absolute Gasteiger partial charge is 0.338 e. The third-order valence-electron chi connectivity index (χ3n) is 3.86. The Balaban J connectivity index is 2.47. The molecule has 0 atom stereocenters. The first-order valence-electron chi connectivity index (χ1n) is 7.61. The van der Waals surface area contributed by atoms with Gasteiger partial charge in [-0.05, 0) is 30.3 Å². The van der Waals surface area contributed by atoms with E-state index in [-0.39, 0.29) is 25.7 Å². The van der Waals surface area contributed by atoms with Crippen molar-refractivity contribution in [3.8, 4) is 22.4 Å². The number of benzene rings is 2. The van der Waals surface area contributed by atoms with Gasteiger partial charge in [-0.1, -0.05) is 69.6 Å². The molecule has 0 amide bonds. The van der Waals surface area contributed by atoms with Gasteiger partial charge in [-0.25, -0.2) is 4.79 Å². The molecule has 144 valence electrons. The number of carbonyl (C=O) groups excluding carboxylic acids is 1. The molecule has 3 aromatic rings. The van der Waals surface area contributed by atoms with Gasteiger partial charge in [0.1, 0.15) is 0 Å². The Morgan fingerprint density at radius 3 is 1.71 bits per heavy atom. The lowest BCUT2D eigenvalue weighted by Crippen LogP contribution is -2.06. The zero-order valence-electron chi connectivity index (χ0n) is 14.0. The molecular formula is C19H9Cl6NO2. The fraction of sp³-hybridized carbons (Fsp3) is 0.0526. The Kier molecular flexibility index (Phi) is 6.65. The second-order valence-corrected chi connectivity index (χ2v) is 8.06. The number of esters is 1. The molecule has 0 aliphatic heterocycles. The first kappa shape index (κ1) is 21.5. The van der Waals surface area contributed by atoms with Crippen molar-refractivity contribution < 1.29 is 9.53 Å². The molecular weight excluding hydrogens is 487 g/mol. The molecule has 0 bridgehead atoms. The van der Waals surface area contributed by atoms with Crippen molar-refractivity contribution >= 4 is 75.6 Å². The van der Waals surface area contributed by atoms with Crippen molar-refractivity contribution in [3.05, 3.63) is 72.2 Å². The minimum Gasteiger partial charge on any atom is -0.465 e. The van der Waals surface area contributed by atoms with Crippen LogP contribution in [0.4, 0.5) is 0 Å². The number of hydrogen-bond donors (Lipinski definition) is 0. The monoisotopic (exact) mass is 493 g/mol. The van der Waals surface area contributed by atoms with E-state index in [4.69, 9.17) is 74.3 Å². The van der Waals surface area contributed by atoms with E-state index >= 15 is 0 Å². The third kappa shape index (κ3) is 4.06. The second-order valence-electron chi connectivity index (χ2n) is 5.56. The highest BCUT2D eigenvalue weighted by Gasteiger charge is 2.26. The molecule has 9 heteroatoms. The highest BCUT2D eigenvalue weighted by molar-refractivity contribution is 6.44. The van der Waals surface area contributed by atoms with E-state index in [1.54, 1.807) is 0 Å². The maximum atomic E-state index is 12.5. The summed E-state index contributed by atoms with van der Waals surface area (Å²) < 4.78 is 4.91. The number of pyridine rings is 1. The average Bonchev–Trinajstić information content (AvgIpc) is 2.60. The van der Waals surface area contributed by atoms with Gasteiger partial charge in [-0.3, -0.25) is 4.98 Å². The number of halogens is 6. The van der Waals surface area contributed by atoms with Crippen LogP contribution < -0.4 is 0 Å². The standard InChI is InChI=1S/C19H9Cl6NO2/c1-28-19(27)10-2-3-26-18(17-13(24)6-9(21)7-14(17)25)15(10)16-11(22)4-8(20)5-12(16)23/h2-7H,1H3. The molecule has 0 saturated carbocycles. The summed E-state index contributed by atoms with van der Waals surface area (Å²) in [5, 5.41) is 1.62. The zero-order valence-corrected chi connectivity index (χ0v) is 18.5. The van der Waals surface area contributed by atoms with Gasteiger partial charge in [0.2, 0.25) is 0 Å².